The molecule has 1 rings (SSSR count). The summed E-state index contributed by atoms with van der Waals surface area (Å²) >= 11 is 2.25. The summed E-state index contributed by atoms with van der Waals surface area (Å²) < 4.78 is 15.9. The van der Waals surface area contributed by atoms with Crippen molar-refractivity contribution in [3.05, 3.63) is 33.4 Å². The monoisotopic (exact) mass is 769 g/mol. The highest BCUT2D eigenvalue weighted by atomic mass is 127. The van der Waals surface area contributed by atoms with Gasteiger partial charge >= 0.3 is 18.0 Å². The Morgan fingerprint density at radius 1 is 0.872 bits per heavy atom. The standard InChI is InChI=1S/C34H48IN3O9/c1-7-11-24(22-26(39)19-20-28(32(43)46-6)38-33(44)47-34(2,3)4)30(41)37-27(31(42)45-5)13-8-9-21-36-29(40)14-10-12-23-15-17-25(35)18-16-23/h1,15-18,24,27-28H,8-14,19-22H2,2-6H3,(H,36,40)(H,37,41)(H,38,44). The zero-order valence-electron chi connectivity index (χ0n) is 27.9. The summed E-state index contributed by atoms with van der Waals surface area (Å²) in [7, 11) is 2.37. The van der Waals surface area contributed by atoms with Crippen LogP contribution in [0.3, 0.4) is 0 Å². The third-order valence-electron chi connectivity index (χ3n) is 6.92. The minimum absolute atomic E-state index is 0.0475. The van der Waals surface area contributed by atoms with E-state index in [0.717, 1.165) is 23.5 Å². The van der Waals surface area contributed by atoms with Crippen LogP contribution in [-0.2, 0) is 44.6 Å². The predicted molar refractivity (Wildman–Crippen MR) is 184 cm³/mol. The lowest BCUT2D eigenvalue weighted by atomic mass is 9.94. The fourth-order valence-electron chi connectivity index (χ4n) is 4.50. The number of terminal acetylenes is 1. The first kappa shape index (κ1) is 41.4. The summed E-state index contributed by atoms with van der Waals surface area (Å²) in [5, 5.41) is 7.93. The molecule has 3 unspecified atom stereocenters. The van der Waals surface area contributed by atoms with E-state index in [9.17, 15) is 28.8 Å². The number of esters is 2. The van der Waals surface area contributed by atoms with E-state index in [1.54, 1.807) is 20.8 Å². The number of hydrogen-bond donors (Lipinski definition) is 3. The van der Waals surface area contributed by atoms with Gasteiger partial charge in [0.05, 0.1) is 20.1 Å². The maximum atomic E-state index is 13.1. The number of ether oxygens (including phenoxy) is 3. The number of ketones is 1. The fraction of sp³-hybridized carbons (Fsp3) is 0.588. The van der Waals surface area contributed by atoms with Crippen LogP contribution in [0.1, 0.15) is 84.1 Å². The van der Waals surface area contributed by atoms with Gasteiger partial charge in [-0.1, -0.05) is 12.1 Å². The van der Waals surface area contributed by atoms with Crippen LogP contribution in [0.5, 0.6) is 0 Å². The average Bonchev–Trinajstić information content (AvgIpc) is 3.01. The number of amides is 3. The molecule has 3 atom stereocenters. The Hall–Kier alpha value is -3.67. The lowest BCUT2D eigenvalue weighted by Crippen LogP contribution is -2.45. The lowest BCUT2D eigenvalue weighted by Gasteiger charge is -2.23. The molecular formula is C34H48IN3O9. The van der Waals surface area contributed by atoms with Crippen molar-refractivity contribution in [1.82, 2.24) is 16.0 Å². The molecule has 0 saturated carbocycles. The fourth-order valence-corrected chi connectivity index (χ4v) is 4.86. The number of methoxy groups -OCH3 is 2. The number of benzene rings is 1. The van der Waals surface area contributed by atoms with Gasteiger partial charge in [0.1, 0.15) is 23.5 Å². The number of rotatable bonds is 20. The Kier molecular flexibility index (Phi) is 19.4. The molecule has 47 heavy (non-hydrogen) atoms. The minimum atomic E-state index is -1.13. The van der Waals surface area contributed by atoms with Gasteiger partial charge in [-0.05, 0) is 99.6 Å². The van der Waals surface area contributed by atoms with Gasteiger partial charge in [0.25, 0.3) is 0 Å². The molecule has 3 amide bonds. The maximum Gasteiger partial charge on any atom is 0.408 e. The van der Waals surface area contributed by atoms with Crippen LogP contribution in [0.4, 0.5) is 4.79 Å². The third-order valence-corrected chi connectivity index (χ3v) is 7.64. The van der Waals surface area contributed by atoms with Crippen molar-refractivity contribution in [3.63, 3.8) is 0 Å². The second kappa shape index (κ2) is 22.0. The molecule has 0 saturated heterocycles. The first-order chi connectivity index (χ1) is 22.2. The van der Waals surface area contributed by atoms with E-state index in [1.165, 1.54) is 12.7 Å². The molecular weight excluding hydrogens is 721 g/mol. The molecule has 1 aromatic rings. The molecule has 260 valence electrons. The molecule has 0 bridgehead atoms. The summed E-state index contributed by atoms with van der Waals surface area (Å²) in [4.78, 5) is 74.9. The quantitative estimate of drug-likeness (QED) is 0.0585. The van der Waals surface area contributed by atoms with Crippen molar-refractivity contribution in [2.45, 2.75) is 103 Å². The lowest BCUT2D eigenvalue weighted by molar-refractivity contribution is -0.146. The van der Waals surface area contributed by atoms with Crippen LogP contribution >= 0.6 is 22.6 Å². The van der Waals surface area contributed by atoms with Crippen LogP contribution in [0.2, 0.25) is 0 Å². The number of unbranched alkanes of at least 4 members (excludes halogenated alkanes) is 1. The number of Topliss-reactive ketones (excluding diaryl/α,β-unsaturated/α-hetero) is 1. The highest BCUT2D eigenvalue weighted by Crippen LogP contribution is 2.15. The van der Waals surface area contributed by atoms with E-state index in [0.29, 0.717) is 25.8 Å². The molecule has 0 heterocycles. The van der Waals surface area contributed by atoms with E-state index in [4.69, 9.17) is 20.6 Å². The topological polar surface area (TPSA) is 166 Å². The molecule has 0 aliphatic rings. The van der Waals surface area contributed by atoms with Crippen molar-refractivity contribution in [1.29, 1.82) is 0 Å². The predicted octanol–water partition coefficient (Wildman–Crippen LogP) is 4.00. The number of aryl methyl sites for hydroxylation is 1. The highest BCUT2D eigenvalue weighted by Gasteiger charge is 2.29. The van der Waals surface area contributed by atoms with Gasteiger partial charge in [-0.25, -0.2) is 14.4 Å². The summed E-state index contributed by atoms with van der Waals surface area (Å²) in [5.41, 5.74) is 0.388. The summed E-state index contributed by atoms with van der Waals surface area (Å²) in [6.45, 7) is 5.43. The van der Waals surface area contributed by atoms with Crippen LogP contribution in [0.15, 0.2) is 24.3 Å². The third kappa shape index (κ3) is 18.3. The van der Waals surface area contributed by atoms with Gasteiger partial charge in [0.15, 0.2) is 0 Å². The van der Waals surface area contributed by atoms with Crippen molar-refractivity contribution in [2.75, 3.05) is 20.8 Å². The Balaban J connectivity index is 2.58. The Morgan fingerprint density at radius 2 is 1.49 bits per heavy atom. The second-order valence-corrected chi connectivity index (χ2v) is 13.3. The molecule has 0 fully saturated rings. The molecule has 3 N–H and O–H groups in total. The molecule has 0 aliphatic carbocycles. The summed E-state index contributed by atoms with van der Waals surface area (Å²) in [5.74, 6) is -0.922. The second-order valence-electron chi connectivity index (χ2n) is 12.0. The van der Waals surface area contributed by atoms with E-state index < -0.39 is 47.5 Å². The Morgan fingerprint density at radius 3 is 2.06 bits per heavy atom. The van der Waals surface area contributed by atoms with E-state index >= 15 is 0 Å². The SMILES string of the molecule is C#CCC(CC(=O)CCC(NC(=O)OC(C)(C)C)C(=O)OC)C(=O)NC(CCCCNC(=O)CCCc1ccc(I)cc1)C(=O)OC. The van der Waals surface area contributed by atoms with Crippen LogP contribution in [-0.4, -0.2) is 74.1 Å². The van der Waals surface area contributed by atoms with Crippen LogP contribution < -0.4 is 16.0 Å². The van der Waals surface area contributed by atoms with Gasteiger partial charge in [-0.3, -0.25) is 14.4 Å². The summed E-state index contributed by atoms with van der Waals surface area (Å²) in [6.07, 6.45) is 7.41. The van der Waals surface area contributed by atoms with Crippen LogP contribution in [0.25, 0.3) is 0 Å². The zero-order valence-corrected chi connectivity index (χ0v) is 30.1. The van der Waals surface area contributed by atoms with Crippen molar-refractivity contribution in [3.8, 4) is 12.3 Å². The van der Waals surface area contributed by atoms with Crippen molar-refractivity contribution >= 4 is 58.2 Å². The molecule has 0 spiro atoms. The maximum absolute atomic E-state index is 13.1. The Labute approximate surface area is 291 Å². The average molecular weight is 770 g/mol. The summed E-state index contributed by atoms with van der Waals surface area (Å²) in [6, 6.07) is 6.08. The Bertz CT molecular complexity index is 1240. The minimum Gasteiger partial charge on any atom is -0.467 e. The first-order valence-electron chi connectivity index (χ1n) is 15.6. The molecule has 0 aliphatic heterocycles. The van der Waals surface area contributed by atoms with Crippen LogP contribution in [0, 0.1) is 21.8 Å². The van der Waals surface area contributed by atoms with Gasteiger partial charge in [0, 0.05) is 35.8 Å². The smallest absolute Gasteiger partial charge is 0.408 e. The van der Waals surface area contributed by atoms with Crippen molar-refractivity contribution in [2.24, 2.45) is 5.92 Å². The zero-order chi connectivity index (χ0) is 35.4. The molecule has 0 aromatic heterocycles. The molecule has 0 radical (unpaired) electrons. The van der Waals surface area contributed by atoms with E-state index in [1.807, 2.05) is 12.1 Å². The molecule has 13 heteroatoms. The number of carbonyl (C=O) groups excluding carboxylic acids is 6. The first-order valence-corrected chi connectivity index (χ1v) is 16.7. The van der Waals surface area contributed by atoms with Gasteiger partial charge in [-0.15, -0.1) is 12.3 Å². The van der Waals surface area contributed by atoms with Crippen molar-refractivity contribution < 1.29 is 43.0 Å². The number of hydrogen-bond acceptors (Lipinski definition) is 9. The molecule has 12 nitrogen and oxygen atoms in total. The van der Waals surface area contributed by atoms with Gasteiger partial charge < -0.3 is 30.2 Å². The molecule has 1 aromatic carbocycles. The van der Waals surface area contributed by atoms with Gasteiger partial charge in [0.2, 0.25) is 11.8 Å². The van der Waals surface area contributed by atoms with Gasteiger partial charge in [-0.2, -0.15) is 0 Å². The number of carbonyl (C=O) groups is 6. The number of nitrogens with one attached hydrogen (secondary N) is 3. The largest absolute Gasteiger partial charge is 0.467 e. The van der Waals surface area contributed by atoms with E-state index in [-0.39, 0.29) is 43.8 Å². The normalized spacial score (nSPS) is 12.8. The number of halogens is 1. The highest BCUT2D eigenvalue weighted by molar-refractivity contribution is 14.1. The number of alkyl carbamates (subject to hydrolysis) is 1. The van der Waals surface area contributed by atoms with E-state index in [2.05, 4.69) is 56.6 Å².